The van der Waals surface area contributed by atoms with Crippen molar-refractivity contribution in [3.05, 3.63) is 80.8 Å². The van der Waals surface area contributed by atoms with Crippen molar-refractivity contribution in [1.29, 1.82) is 0 Å². The summed E-state index contributed by atoms with van der Waals surface area (Å²) in [7, 11) is 1.53. The first-order valence-electron chi connectivity index (χ1n) is 13.4. The van der Waals surface area contributed by atoms with Crippen LogP contribution in [0.1, 0.15) is 54.6 Å². The maximum Gasteiger partial charge on any atom is 0.434 e. The molecule has 42 heavy (non-hydrogen) atoms. The molecule has 0 radical (unpaired) electrons. The monoisotopic (exact) mass is 637 g/mol. The number of fused-ring (bicyclic) bond motifs is 1. The highest BCUT2D eigenvalue weighted by Gasteiger charge is 2.37. The number of ether oxygens (including phenoxy) is 1. The van der Waals surface area contributed by atoms with Crippen molar-refractivity contribution >= 4 is 27.0 Å². The maximum absolute atomic E-state index is 13.4. The number of hydrogen-bond acceptors (Lipinski definition) is 7. The van der Waals surface area contributed by atoms with E-state index in [0.29, 0.717) is 38.3 Å². The molecule has 0 aliphatic heterocycles. The van der Waals surface area contributed by atoms with Gasteiger partial charge in [0.2, 0.25) is 5.88 Å². The molecule has 0 spiro atoms. The van der Waals surface area contributed by atoms with Crippen molar-refractivity contribution in [1.82, 2.24) is 34.1 Å². The normalized spacial score (nSPS) is 15.4. The summed E-state index contributed by atoms with van der Waals surface area (Å²) in [6, 6.07) is 8.74. The van der Waals surface area contributed by atoms with Gasteiger partial charge in [-0.3, -0.25) is 9.36 Å². The predicted octanol–water partition coefficient (Wildman–Crippen LogP) is 6.16. The number of nitrogens with zero attached hydrogens (tertiary/aromatic N) is 7. The molecule has 1 aromatic carbocycles. The molecule has 2 aliphatic carbocycles. The van der Waals surface area contributed by atoms with Gasteiger partial charge in [-0.05, 0) is 53.2 Å². The molecule has 7 rings (SSSR count). The highest BCUT2D eigenvalue weighted by molar-refractivity contribution is 9.10. The summed E-state index contributed by atoms with van der Waals surface area (Å²) < 4.78 is 49.2. The predicted molar refractivity (Wildman–Crippen MR) is 151 cm³/mol. The van der Waals surface area contributed by atoms with Crippen molar-refractivity contribution in [3.8, 4) is 28.7 Å². The Bertz CT molecular complexity index is 1900. The molecule has 0 unspecified atom stereocenters. The number of benzene rings is 1. The third kappa shape index (κ3) is 4.85. The van der Waals surface area contributed by atoms with Crippen molar-refractivity contribution in [3.63, 3.8) is 0 Å². The van der Waals surface area contributed by atoms with Gasteiger partial charge in [-0.25, -0.2) is 24.9 Å². The number of halogens is 4. The van der Waals surface area contributed by atoms with Crippen molar-refractivity contribution < 1.29 is 17.9 Å². The molecule has 0 N–H and O–H groups in total. The molecule has 4 heterocycles. The number of methoxy groups -OCH3 is 1. The van der Waals surface area contributed by atoms with Crippen molar-refractivity contribution in [2.45, 2.75) is 50.4 Å². The minimum absolute atomic E-state index is 0.0258. The number of imidazole rings is 1. The summed E-state index contributed by atoms with van der Waals surface area (Å²) in [6.07, 6.45) is 3.35. The zero-order valence-electron chi connectivity index (χ0n) is 22.3. The summed E-state index contributed by atoms with van der Waals surface area (Å²) >= 11 is 3.36. The van der Waals surface area contributed by atoms with Crippen LogP contribution in [-0.2, 0) is 12.7 Å². The number of alkyl halides is 3. The van der Waals surface area contributed by atoms with E-state index in [2.05, 4.69) is 35.9 Å². The molecule has 2 fully saturated rings. The zero-order chi connectivity index (χ0) is 29.2. The second kappa shape index (κ2) is 10.0. The summed E-state index contributed by atoms with van der Waals surface area (Å²) in [4.78, 5) is 35.4. The van der Waals surface area contributed by atoms with E-state index in [9.17, 15) is 18.0 Å². The Labute approximate surface area is 245 Å². The number of rotatable bonds is 7. The van der Waals surface area contributed by atoms with Gasteiger partial charge in [-0.15, -0.1) is 0 Å². The van der Waals surface area contributed by atoms with Crippen LogP contribution in [0.4, 0.5) is 13.2 Å². The van der Waals surface area contributed by atoms with Crippen LogP contribution in [0.25, 0.3) is 33.8 Å². The molecular formula is C29H23BrF3N7O2. The number of hydrogen-bond donors (Lipinski definition) is 0. The van der Waals surface area contributed by atoms with E-state index < -0.39 is 11.9 Å². The second-order valence-electron chi connectivity index (χ2n) is 10.6. The van der Waals surface area contributed by atoms with E-state index in [-0.39, 0.29) is 29.9 Å². The fourth-order valence-corrected chi connectivity index (χ4v) is 5.58. The molecule has 2 saturated carbocycles. The first-order valence-corrected chi connectivity index (χ1v) is 14.2. The Hall–Kier alpha value is -4.13. The minimum Gasteiger partial charge on any atom is -0.480 e. The quantitative estimate of drug-likeness (QED) is 0.211. The van der Waals surface area contributed by atoms with Gasteiger partial charge < -0.3 is 9.30 Å². The topological polar surface area (TPSA) is 101 Å². The van der Waals surface area contributed by atoms with Crippen LogP contribution >= 0.6 is 15.9 Å². The van der Waals surface area contributed by atoms with E-state index in [1.165, 1.54) is 13.4 Å². The minimum atomic E-state index is -4.52. The van der Waals surface area contributed by atoms with Gasteiger partial charge in [0.25, 0.3) is 5.56 Å². The molecule has 0 bridgehead atoms. The Kier molecular flexibility index (Phi) is 6.37. The Morgan fingerprint density at radius 3 is 2.48 bits per heavy atom. The first-order chi connectivity index (χ1) is 20.2. The molecule has 5 aromatic rings. The molecule has 0 amide bonds. The maximum atomic E-state index is 13.4. The van der Waals surface area contributed by atoms with Crippen LogP contribution in [0.15, 0.2) is 58.3 Å². The van der Waals surface area contributed by atoms with Gasteiger partial charge in [0, 0.05) is 35.3 Å². The summed E-state index contributed by atoms with van der Waals surface area (Å²) in [5.74, 6) is 1.29. The highest BCUT2D eigenvalue weighted by Crippen LogP contribution is 2.45. The molecule has 2 aliphatic rings. The molecule has 9 nitrogen and oxygen atoms in total. The van der Waals surface area contributed by atoms with Gasteiger partial charge in [0.05, 0.1) is 23.8 Å². The fraction of sp³-hybridized carbons (Fsp3) is 0.310. The third-order valence-corrected chi connectivity index (χ3v) is 8.09. The Balaban J connectivity index is 1.27. The van der Waals surface area contributed by atoms with E-state index in [1.807, 2.05) is 0 Å². The highest BCUT2D eigenvalue weighted by atomic mass is 79.9. The SMILES string of the molecule is COc1ncnc(C2CC2)c1-c1ncc2cc(Br)c(=O)n(Cc3ccc(-c4nc(C(F)(F)F)cn4C4CC4)cc3)c2n1. The second-order valence-corrected chi connectivity index (χ2v) is 11.4. The van der Waals surface area contributed by atoms with Crippen LogP contribution in [0, 0.1) is 0 Å². The van der Waals surface area contributed by atoms with Gasteiger partial charge in [-0.2, -0.15) is 13.2 Å². The van der Waals surface area contributed by atoms with Gasteiger partial charge in [0.1, 0.15) is 23.4 Å². The zero-order valence-corrected chi connectivity index (χ0v) is 23.9. The summed E-state index contributed by atoms with van der Waals surface area (Å²) in [6.45, 7) is 0.175. The fourth-order valence-electron chi connectivity index (χ4n) is 5.12. The first kappa shape index (κ1) is 26.7. The van der Waals surface area contributed by atoms with E-state index in [4.69, 9.17) is 9.72 Å². The molecule has 13 heteroatoms. The summed E-state index contributed by atoms with van der Waals surface area (Å²) in [5, 5.41) is 0.650. The van der Waals surface area contributed by atoms with Crippen molar-refractivity contribution in [2.24, 2.45) is 0 Å². The standard InChI is InChI=1S/C29H23BrF3N7O2/c1-42-27-22(23(16-6-7-16)35-14-36-27)24-34-11-18-10-20(30)28(41)40(26(18)38-24)12-15-2-4-17(5-3-15)25-37-21(29(31,32)33)13-39(25)19-8-9-19/h2-5,10-11,13-14,16,19H,6-9,12H2,1H3. The molecule has 0 saturated heterocycles. The smallest absolute Gasteiger partial charge is 0.434 e. The average molecular weight is 638 g/mol. The van der Waals surface area contributed by atoms with Gasteiger partial charge in [-0.1, -0.05) is 24.3 Å². The van der Waals surface area contributed by atoms with Crippen LogP contribution in [-0.4, -0.2) is 41.2 Å². The molecule has 4 aromatic heterocycles. The molecule has 0 atom stereocenters. The largest absolute Gasteiger partial charge is 0.480 e. The van der Waals surface area contributed by atoms with E-state index >= 15 is 0 Å². The number of pyridine rings is 1. The van der Waals surface area contributed by atoms with Crippen LogP contribution in [0.2, 0.25) is 0 Å². The van der Waals surface area contributed by atoms with E-state index in [0.717, 1.165) is 43.1 Å². The molecule has 214 valence electrons. The lowest BCUT2D eigenvalue weighted by molar-refractivity contribution is -0.140. The molecular weight excluding hydrogens is 615 g/mol. The number of aromatic nitrogens is 7. The van der Waals surface area contributed by atoms with Crippen LogP contribution < -0.4 is 10.3 Å². The average Bonchev–Trinajstić information content (AvgIpc) is 3.93. The van der Waals surface area contributed by atoms with Gasteiger partial charge >= 0.3 is 6.18 Å². The van der Waals surface area contributed by atoms with E-state index in [1.54, 1.807) is 45.7 Å². The Morgan fingerprint density at radius 1 is 1.05 bits per heavy atom. The Morgan fingerprint density at radius 2 is 1.81 bits per heavy atom. The summed E-state index contributed by atoms with van der Waals surface area (Å²) in [5.41, 5.74) is 2.00. The van der Waals surface area contributed by atoms with Crippen molar-refractivity contribution in [2.75, 3.05) is 7.11 Å². The lowest BCUT2D eigenvalue weighted by Crippen LogP contribution is -2.22. The van der Waals surface area contributed by atoms with Crippen LogP contribution in [0.3, 0.4) is 0 Å². The van der Waals surface area contributed by atoms with Gasteiger partial charge in [0.15, 0.2) is 11.5 Å². The lowest BCUT2D eigenvalue weighted by atomic mass is 10.1. The van der Waals surface area contributed by atoms with Crippen LogP contribution in [0.5, 0.6) is 5.88 Å². The lowest BCUT2D eigenvalue weighted by Gasteiger charge is -2.14. The third-order valence-electron chi connectivity index (χ3n) is 7.52.